The molecule has 0 bridgehead atoms. The fourth-order valence-electron chi connectivity index (χ4n) is 3.41. The number of hydrogen-bond donors (Lipinski definition) is 1. The Morgan fingerprint density at radius 1 is 1.00 bits per heavy atom. The summed E-state index contributed by atoms with van der Waals surface area (Å²) in [6.45, 7) is 1.71. The third kappa shape index (κ3) is 5.85. The molecule has 1 aliphatic rings. The molecule has 0 radical (unpaired) electrons. The van der Waals surface area contributed by atoms with Gasteiger partial charge in [-0.2, -0.15) is 0 Å². The van der Waals surface area contributed by atoms with Crippen LogP contribution in [0.4, 0.5) is 5.69 Å². The summed E-state index contributed by atoms with van der Waals surface area (Å²) in [6.07, 6.45) is 4.17. The molecule has 0 atom stereocenters. The van der Waals surface area contributed by atoms with Crippen molar-refractivity contribution in [2.24, 2.45) is 11.8 Å². The van der Waals surface area contributed by atoms with Crippen LogP contribution in [0, 0.1) is 11.8 Å². The molecule has 5 heteroatoms. The van der Waals surface area contributed by atoms with E-state index in [1.807, 2.05) is 51.5 Å². The van der Waals surface area contributed by atoms with Crippen molar-refractivity contribution in [2.45, 2.75) is 32.1 Å². The van der Waals surface area contributed by atoms with Gasteiger partial charge < -0.3 is 15.1 Å². The summed E-state index contributed by atoms with van der Waals surface area (Å²) in [5.41, 5.74) is 0.924. The first-order valence-corrected chi connectivity index (χ1v) is 9.24. The fraction of sp³-hybridized carbons (Fsp3) is 0.600. The van der Waals surface area contributed by atoms with Gasteiger partial charge in [-0.3, -0.25) is 9.59 Å². The second kappa shape index (κ2) is 9.56. The van der Waals surface area contributed by atoms with E-state index in [-0.39, 0.29) is 23.7 Å². The number of anilines is 1. The number of rotatable bonds is 7. The van der Waals surface area contributed by atoms with Crippen molar-refractivity contribution < 1.29 is 9.59 Å². The lowest BCUT2D eigenvalue weighted by molar-refractivity contribution is -0.129. The summed E-state index contributed by atoms with van der Waals surface area (Å²) in [6, 6.07) is 9.73. The van der Waals surface area contributed by atoms with Crippen molar-refractivity contribution in [1.29, 1.82) is 0 Å². The van der Waals surface area contributed by atoms with Gasteiger partial charge >= 0.3 is 0 Å². The van der Waals surface area contributed by atoms with E-state index in [4.69, 9.17) is 0 Å². The number of amides is 2. The number of para-hydroxylation sites is 1. The maximum absolute atomic E-state index is 12.7. The highest BCUT2D eigenvalue weighted by Gasteiger charge is 2.31. The monoisotopic (exact) mass is 345 g/mol. The van der Waals surface area contributed by atoms with Crippen LogP contribution >= 0.6 is 0 Å². The van der Waals surface area contributed by atoms with Crippen molar-refractivity contribution in [3.63, 3.8) is 0 Å². The van der Waals surface area contributed by atoms with E-state index in [0.29, 0.717) is 0 Å². The molecule has 1 fully saturated rings. The lowest BCUT2D eigenvalue weighted by Crippen LogP contribution is -2.38. The lowest BCUT2D eigenvalue weighted by atomic mass is 9.81. The summed E-state index contributed by atoms with van der Waals surface area (Å²) < 4.78 is 0. The highest BCUT2D eigenvalue weighted by Crippen LogP contribution is 2.31. The van der Waals surface area contributed by atoms with Crippen molar-refractivity contribution >= 4 is 17.5 Å². The first kappa shape index (κ1) is 19.4. The van der Waals surface area contributed by atoms with E-state index in [9.17, 15) is 9.59 Å². The van der Waals surface area contributed by atoms with Crippen LogP contribution < -0.4 is 10.2 Å². The zero-order valence-corrected chi connectivity index (χ0v) is 15.7. The van der Waals surface area contributed by atoms with Crippen LogP contribution in [0.15, 0.2) is 30.3 Å². The van der Waals surface area contributed by atoms with Crippen LogP contribution in [-0.2, 0) is 9.59 Å². The van der Waals surface area contributed by atoms with Crippen LogP contribution in [0.5, 0.6) is 0 Å². The average molecular weight is 345 g/mol. The van der Waals surface area contributed by atoms with Gasteiger partial charge in [0.2, 0.25) is 11.8 Å². The summed E-state index contributed by atoms with van der Waals surface area (Å²) in [7, 11) is 5.90. The highest BCUT2D eigenvalue weighted by molar-refractivity contribution is 5.94. The SMILES string of the molecule is CN(C)CCCNC(=O)C1CCC(C(=O)N(C)c2ccccc2)CC1. The average Bonchev–Trinajstić information content (AvgIpc) is 2.64. The molecule has 0 aromatic heterocycles. The molecule has 1 saturated carbocycles. The van der Waals surface area contributed by atoms with E-state index in [2.05, 4.69) is 10.2 Å². The minimum atomic E-state index is 0.0306. The Morgan fingerprint density at radius 2 is 1.60 bits per heavy atom. The topological polar surface area (TPSA) is 52.7 Å². The quantitative estimate of drug-likeness (QED) is 0.773. The van der Waals surface area contributed by atoms with Crippen molar-refractivity contribution in [3.8, 4) is 0 Å². The fourth-order valence-corrected chi connectivity index (χ4v) is 3.41. The smallest absolute Gasteiger partial charge is 0.229 e. The van der Waals surface area contributed by atoms with E-state index < -0.39 is 0 Å². The number of carbonyl (C=O) groups excluding carboxylic acids is 2. The molecular weight excluding hydrogens is 314 g/mol. The standard InChI is InChI=1S/C20H31N3O2/c1-22(2)15-7-14-21-19(24)16-10-12-17(13-11-16)20(25)23(3)18-8-5-4-6-9-18/h4-6,8-9,16-17H,7,10-15H2,1-3H3,(H,21,24). The second-order valence-corrected chi connectivity index (χ2v) is 7.23. The highest BCUT2D eigenvalue weighted by atomic mass is 16.2. The second-order valence-electron chi connectivity index (χ2n) is 7.23. The van der Waals surface area contributed by atoms with Crippen LogP contribution in [0.25, 0.3) is 0 Å². The Balaban J connectivity index is 1.75. The van der Waals surface area contributed by atoms with Crippen LogP contribution in [0.2, 0.25) is 0 Å². The molecule has 1 N–H and O–H groups in total. The van der Waals surface area contributed by atoms with Crippen LogP contribution in [0.1, 0.15) is 32.1 Å². The number of nitrogens with zero attached hydrogens (tertiary/aromatic N) is 2. The minimum absolute atomic E-state index is 0.0306. The summed E-state index contributed by atoms with van der Waals surface area (Å²) in [5, 5.41) is 3.04. The summed E-state index contributed by atoms with van der Waals surface area (Å²) in [5.74, 6) is 0.408. The zero-order chi connectivity index (χ0) is 18.2. The molecular formula is C20H31N3O2. The molecule has 25 heavy (non-hydrogen) atoms. The molecule has 0 spiro atoms. The van der Waals surface area contributed by atoms with Gasteiger partial charge in [-0.05, 0) is 64.9 Å². The van der Waals surface area contributed by atoms with E-state index >= 15 is 0 Å². The molecule has 1 aliphatic carbocycles. The molecule has 0 heterocycles. The number of carbonyl (C=O) groups is 2. The summed E-state index contributed by atoms with van der Waals surface area (Å²) >= 11 is 0. The third-order valence-electron chi connectivity index (χ3n) is 5.00. The maximum Gasteiger partial charge on any atom is 0.229 e. The molecule has 1 aromatic carbocycles. The number of benzene rings is 1. The van der Waals surface area contributed by atoms with Crippen LogP contribution in [0.3, 0.4) is 0 Å². The minimum Gasteiger partial charge on any atom is -0.356 e. The van der Waals surface area contributed by atoms with Gasteiger partial charge in [0, 0.05) is 31.1 Å². The van der Waals surface area contributed by atoms with Gasteiger partial charge in [0.1, 0.15) is 0 Å². The van der Waals surface area contributed by atoms with Crippen molar-refractivity contribution in [3.05, 3.63) is 30.3 Å². The molecule has 5 nitrogen and oxygen atoms in total. The van der Waals surface area contributed by atoms with Gasteiger partial charge in [-0.1, -0.05) is 18.2 Å². The molecule has 1 aromatic rings. The molecule has 2 rings (SSSR count). The van der Waals surface area contributed by atoms with Gasteiger partial charge in [-0.25, -0.2) is 0 Å². The Hall–Kier alpha value is -1.88. The van der Waals surface area contributed by atoms with Gasteiger partial charge in [-0.15, -0.1) is 0 Å². The van der Waals surface area contributed by atoms with Crippen molar-refractivity contribution in [2.75, 3.05) is 39.1 Å². The Labute approximate surface area is 151 Å². The first-order chi connectivity index (χ1) is 12.0. The summed E-state index contributed by atoms with van der Waals surface area (Å²) in [4.78, 5) is 28.8. The van der Waals surface area contributed by atoms with Gasteiger partial charge in [0.25, 0.3) is 0 Å². The van der Waals surface area contributed by atoms with Gasteiger partial charge in [0.15, 0.2) is 0 Å². The number of nitrogens with one attached hydrogen (secondary N) is 1. The maximum atomic E-state index is 12.7. The van der Waals surface area contributed by atoms with Crippen LogP contribution in [-0.4, -0.2) is 50.9 Å². The van der Waals surface area contributed by atoms with E-state index in [0.717, 1.165) is 50.9 Å². The van der Waals surface area contributed by atoms with Gasteiger partial charge in [0.05, 0.1) is 0 Å². The Kier molecular flexibility index (Phi) is 7.44. The van der Waals surface area contributed by atoms with Crippen molar-refractivity contribution in [1.82, 2.24) is 10.2 Å². The number of hydrogen-bond acceptors (Lipinski definition) is 3. The molecule has 0 aliphatic heterocycles. The molecule has 0 saturated heterocycles. The Morgan fingerprint density at radius 3 is 2.20 bits per heavy atom. The predicted molar refractivity (Wildman–Crippen MR) is 101 cm³/mol. The first-order valence-electron chi connectivity index (χ1n) is 9.24. The van der Waals surface area contributed by atoms with E-state index in [1.165, 1.54) is 0 Å². The third-order valence-corrected chi connectivity index (χ3v) is 5.00. The van der Waals surface area contributed by atoms with E-state index in [1.54, 1.807) is 4.90 Å². The zero-order valence-electron chi connectivity index (χ0n) is 15.7. The molecule has 138 valence electrons. The predicted octanol–water partition coefficient (Wildman–Crippen LogP) is 2.52. The largest absolute Gasteiger partial charge is 0.356 e. The normalized spacial score (nSPS) is 20.3. The Bertz CT molecular complexity index is 551. The lowest BCUT2D eigenvalue weighted by Gasteiger charge is -2.30. The molecule has 2 amide bonds. The molecule has 0 unspecified atom stereocenters.